The van der Waals surface area contributed by atoms with E-state index in [1.54, 1.807) is 6.07 Å². The highest BCUT2D eigenvalue weighted by Gasteiger charge is 2.36. The maximum absolute atomic E-state index is 12.0. The Bertz CT molecular complexity index is 525. The fraction of sp³-hybridized carbons (Fsp3) is 0.588. The minimum atomic E-state index is -0.174. The normalized spacial score (nSPS) is 17.5. The molecule has 3 nitrogen and oxygen atoms in total. The zero-order valence-corrected chi connectivity index (χ0v) is 14.6. The number of hydrogen-bond donors (Lipinski definition) is 1. The van der Waals surface area contributed by atoms with Gasteiger partial charge < -0.3 is 10.1 Å². The molecule has 0 aliphatic carbocycles. The molecule has 1 fully saturated rings. The molecule has 1 N–H and O–H groups in total. The summed E-state index contributed by atoms with van der Waals surface area (Å²) in [7, 11) is 0. The van der Waals surface area contributed by atoms with Gasteiger partial charge in [0.2, 0.25) is 5.91 Å². The van der Waals surface area contributed by atoms with E-state index in [4.69, 9.17) is 27.9 Å². The summed E-state index contributed by atoms with van der Waals surface area (Å²) in [5.74, 6) is 0.440. The Morgan fingerprint density at radius 2 is 2.00 bits per heavy atom. The lowest BCUT2D eigenvalue weighted by atomic mass is 9.74. The molecular formula is C17H23Cl2NO2. The number of ether oxygens (including phenoxy) is 1. The molecule has 1 aromatic carbocycles. The van der Waals surface area contributed by atoms with Crippen molar-refractivity contribution in [2.24, 2.45) is 5.92 Å². The van der Waals surface area contributed by atoms with Crippen molar-refractivity contribution in [2.45, 2.75) is 38.5 Å². The van der Waals surface area contributed by atoms with Crippen LogP contribution in [0.3, 0.4) is 0 Å². The van der Waals surface area contributed by atoms with Crippen LogP contribution in [0, 0.1) is 5.92 Å². The van der Waals surface area contributed by atoms with Gasteiger partial charge in [-0.3, -0.25) is 4.79 Å². The molecular weight excluding hydrogens is 321 g/mol. The van der Waals surface area contributed by atoms with E-state index in [0.717, 1.165) is 18.4 Å². The first kappa shape index (κ1) is 17.6. The average Bonchev–Trinajstić information content (AvgIpc) is 2.45. The highest BCUT2D eigenvalue weighted by atomic mass is 35.5. The predicted octanol–water partition coefficient (Wildman–Crippen LogP) is 4.20. The Kier molecular flexibility index (Phi) is 6.13. The van der Waals surface area contributed by atoms with Crippen LogP contribution in [0.5, 0.6) is 0 Å². The Balaban J connectivity index is 2.19. The second-order valence-electron chi connectivity index (χ2n) is 6.39. The zero-order chi connectivity index (χ0) is 16.2. The quantitative estimate of drug-likeness (QED) is 0.869. The molecule has 1 amide bonds. The van der Waals surface area contributed by atoms with Crippen LogP contribution in [0.15, 0.2) is 18.2 Å². The number of benzene rings is 1. The van der Waals surface area contributed by atoms with Crippen LogP contribution in [0.4, 0.5) is 0 Å². The van der Waals surface area contributed by atoms with Crippen molar-refractivity contribution in [1.29, 1.82) is 0 Å². The minimum Gasteiger partial charge on any atom is -0.381 e. The lowest BCUT2D eigenvalue weighted by Crippen LogP contribution is -2.45. The van der Waals surface area contributed by atoms with Crippen molar-refractivity contribution in [1.82, 2.24) is 5.32 Å². The van der Waals surface area contributed by atoms with Crippen molar-refractivity contribution >= 4 is 29.1 Å². The monoisotopic (exact) mass is 343 g/mol. The molecule has 122 valence electrons. The van der Waals surface area contributed by atoms with Gasteiger partial charge in [-0.15, -0.1) is 0 Å². The third kappa shape index (κ3) is 4.37. The standard InChI is InChI=1S/C17H23Cl2NO2/c1-12(2)9-16(21)20-11-17(5-7-22-8-6-17)14-4-3-13(18)10-15(14)19/h3-4,10,12H,5-9,11H2,1-2H3,(H,20,21). The lowest BCUT2D eigenvalue weighted by molar-refractivity contribution is -0.122. The largest absolute Gasteiger partial charge is 0.381 e. The molecule has 1 aliphatic heterocycles. The van der Waals surface area contributed by atoms with Crippen LogP contribution in [0.1, 0.15) is 38.7 Å². The summed E-state index contributed by atoms with van der Waals surface area (Å²) in [5, 5.41) is 4.36. The molecule has 22 heavy (non-hydrogen) atoms. The van der Waals surface area contributed by atoms with Crippen LogP contribution in [-0.2, 0) is 14.9 Å². The van der Waals surface area contributed by atoms with Crippen LogP contribution in [0.25, 0.3) is 0 Å². The number of halogens is 2. The van der Waals surface area contributed by atoms with Crippen molar-refractivity contribution in [3.8, 4) is 0 Å². The highest BCUT2D eigenvalue weighted by molar-refractivity contribution is 6.35. The number of hydrogen-bond acceptors (Lipinski definition) is 2. The summed E-state index contributed by atoms with van der Waals surface area (Å²) in [4.78, 5) is 12.0. The Hall–Kier alpha value is -0.770. The van der Waals surface area contributed by atoms with Gasteiger partial charge in [-0.05, 0) is 36.5 Å². The molecule has 1 aliphatic rings. The fourth-order valence-corrected chi connectivity index (χ4v) is 3.54. The van der Waals surface area contributed by atoms with Gasteiger partial charge in [0.25, 0.3) is 0 Å². The van der Waals surface area contributed by atoms with Gasteiger partial charge in [0.05, 0.1) is 0 Å². The molecule has 1 heterocycles. The molecule has 0 spiro atoms. The summed E-state index contributed by atoms with van der Waals surface area (Å²) < 4.78 is 5.50. The first-order valence-corrected chi connectivity index (χ1v) is 8.48. The van der Waals surface area contributed by atoms with Crippen LogP contribution < -0.4 is 5.32 Å². The fourth-order valence-electron chi connectivity index (χ4n) is 2.93. The Labute approximate surface area is 142 Å². The SMILES string of the molecule is CC(C)CC(=O)NCC1(c2ccc(Cl)cc2Cl)CCOCC1. The molecule has 0 unspecified atom stereocenters. The smallest absolute Gasteiger partial charge is 0.220 e. The van der Waals surface area contributed by atoms with E-state index < -0.39 is 0 Å². The molecule has 0 aromatic heterocycles. The van der Waals surface area contributed by atoms with Crippen molar-refractivity contribution in [3.05, 3.63) is 33.8 Å². The highest BCUT2D eigenvalue weighted by Crippen LogP contribution is 2.39. The van der Waals surface area contributed by atoms with Gasteiger partial charge in [0.1, 0.15) is 0 Å². The van der Waals surface area contributed by atoms with Crippen LogP contribution >= 0.6 is 23.2 Å². The van der Waals surface area contributed by atoms with Gasteiger partial charge in [0.15, 0.2) is 0 Å². The van der Waals surface area contributed by atoms with E-state index in [1.807, 2.05) is 26.0 Å². The topological polar surface area (TPSA) is 38.3 Å². The number of carbonyl (C=O) groups excluding carboxylic acids is 1. The van der Waals surface area contributed by atoms with E-state index in [2.05, 4.69) is 5.32 Å². The van der Waals surface area contributed by atoms with Crippen LogP contribution in [0.2, 0.25) is 10.0 Å². The van der Waals surface area contributed by atoms with Crippen molar-refractivity contribution in [2.75, 3.05) is 19.8 Å². The van der Waals surface area contributed by atoms with E-state index in [1.165, 1.54) is 0 Å². The first-order valence-electron chi connectivity index (χ1n) is 7.73. The third-order valence-corrected chi connectivity index (χ3v) is 4.72. The molecule has 0 saturated carbocycles. The van der Waals surface area contributed by atoms with Gasteiger partial charge in [-0.1, -0.05) is 43.1 Å². The van der Waals surface area contributed by atoms with E-state index >= 15 is 0 Å². The Morgan fingerprint density at radius 1 is 1.32 bits per heavy atom. The van der Waals surface area contributed by atoms with E-state index in [0.29, 0.717) is 42.1 Å². The number of rotatable bonds is 5. The predicted molar refractivity (Wildman–Crippen MR) is 90.7 cm³/mol. The molecule has 1 aromatic rings. The molecule has 1 saturated heterocycles. The number of nitrogens with one attached hydrogen (secondary N) is 1. The van der Waals surface area contributed by atoms with Gasteiger partial charge >= 0.3 is 0 Å². The summed E-state index contributed by atoms with van der Waals surface area (Å²) in [5.41, 5.74) is 0.874. The van der Waals surface area contributed by atoms with Gasteiger partial charge in [-0.25, -0.2) is 0 Å². The first-order chi connectivity index (χ1) is 10.4. The van der Waals surface area contributed by atoms with E-state index in [-0.39, 0.29) is 11.3 Å². The van der Waals surface area contributed by atoms with Crippen LogP contribution in [-0.4, -0.2) is 25.7 Å². The second kappa shape index (κ2) is 7.67. The lowest BCUT2D eigenvalue weighted by Gasteiger charge is -2.38. The van der Waals surface area contributed by atoms with Crippen molar-refractivity contribution < 1.29 is 9.53 Å². The summed E-state index contributed by atoms with van der Waals surface area (Å²) in [6, 6.07) is 5.60. The molecule has 2 rings (SSSR count). The second-order valence-corrected chi connectivity index (χ2v) is 7.24. The summed E-state index contributed by atoms with van der Waals surface area (Å²) >= 11 is 12.4. The maximum atomic E-state index is 12.0. The van der Waals surface area contributed by atoms with E-state index in [9.17, 15) is 4.79 Å². The summed E-state index contributed by atoms with van der Waals surface area (Å²) in [6.07, 6.45) is 2.23. The minimum absolute atomic E-state index is 0.0888. The Morgan fingerprint density at radius 3 is 2.59 bits per heavy atom. The van der Waals surface area contributed by atoms with Crippen molar-refractivity contribution in [3.63, 3.8) is 0 Å². The molecule has 5 heteroatoms. The molecule has 0 atom stereocenters. The molecule has 0 bridgehead atoms. The number of carbonyl (C=O) groups is 1. The number of amides is 1. The molecule has 0 radical (unpaired) electrons. The average molecular weight is 344 g/mol. The summed E-state index contributed by atoms with van der Waals surface area (Å²) in [6.45, 7) is 6.03. The van der Waals surface area contributed by atoms with Gasteiger partial charge in [-0.2, -0.15) is 0 Å². The maximum Gasteiger partial charge on any atom is 0.220 e. The van der Waals surface area contributed by atoms with Gasteiger partial charge in [0, 0.05) is 41.6 Å². The third-order valence-electron chi connectivity index (χ3n) is 4.17. The zero-order valence-electron chi connectivity index (χ0n) is 13.1.